The van der Waals surface area contributed by atoms with Crippen LogP contribution >= 0.6 is 0 Å². The van der Waals surface area contributed by atoms with Crippen molar-refractivity contribution >= 4 is 5.97 Å². The number of fused-ring (bicyclic) bond motifs is 3. The summed E-state index contributed by atoms with van der Waals surface area (Å²) in [4.78, 5) is 11.3. The molecule has 0 amide bonds. The molecule has 102 valence electrons. The Morgan fingerprint density at radius 3 is 2.45 bits per heavy atom. The molecule has 20 heavy (non-hydrogen) atoms. The average Bonchev–Trinajstić information content (AvgIpc) is 2.46. The second kappa shape index (κ2) is 4.35. The third-order valence-electron chi connectivity index (χ3n) is 3.82. The first-order chi connectivity index (χ1) is 9.54. The van der Waals surface area contributed by atoms with E-state index in [4.69, 9.17) is 10.5 Å². The smallest absolute Gasteiger partial charge is 0.325 e. The molecule has 0 aromatic heterocycles. The van der Waals surface area contributed by atoms with E-state index in [1.165, 1.54) is 0 Å². The Bertz CT molecular complexity index is 683. The van der Waals surface area contributed by atoms with Gasteiger partial charge in [-0.05, 0) is 18.6 Å². The lowest BCUT2D eigenvalue weighted by atomic mass is 9.81. The van der Waals surface area contributed by atoms with Gasteiger partial charge in [0.2, 0.25) is 0 Å². The van der Waals surface area contributed by atoms with E-state index in [1.54, 1.807) is 6.92 Å². The van der Waals surface area contributed by atoms with Gasteiger partial charge in [0.05, 0.1) is 0 Å². The van der Waals surface area contributed by atoms with Crippen molar-refractivity contribution in [2.45, 2.75) is 18.6 Å². The molecule has 0 saturated heterocycles. The second-order valence-electron chi connectivity index (χ2n) is 5.07. The van der Waals surface area contributed by atoms with Gasteiger partial charge < -0.3 is 15.6 Å². The molecule has 0 spiro atoms. The summed E-state index contributed by atoms with van der Waals surface area (Å²) in [5, 5.41) is 9.27. The molecular formula is C16H15NO3. The van der Waals surface area contributed by atoms with Crippen LogP contribution in [0.5, 0.6) is 5.75 Å². The van der Waals surface area contributed by atoms with Gasteiger partial charge in [-0.1, -0.05) is 42.5 Å². The number of nitrogens with two attached hydrogens (primary N) is 1. The highest BCUT2D eigenvalue weighted by Crippen LogP contribution is 2.45. The first-order valence-electron chi connectivity index (χ1n) is 6.40. The third kappa shape index (κ3) is 1.69. The number of hydrogen-bond acceptors (Lipinski definition) is 3. The zero-order valence-corrected chi connectivity index (χ0v) is 11.0. The molecule has 1 aliphatic rings. The van der Waals surface area contributed by atoms with Crippen LogP contribution in [0.15, 0.2) is 48.5 Å². The second-order valence-corrected chi connectivity index (χ2v) is 5.07. The summed E-state index contributed by atoms with van der Waals surface area (Å²) in [7, 11) is 0. The Kier molecular flexibility index (Phi) is 2.76. The molecule has 1 heterocycles. The summed E-state index contributed by atoms with van der Waals surface area (Å²) < 4.78 is 5.96. The lowest BCUT2D eigenvalue weighted by molar-refractivity contribution is -0.144. The summed E-state index contributed by atoms with van der Waals surface area (Å²) in [6, 6.07) is 14.1. The standard InChI is InChI=1S/C16H15NO3/c1-16(14(17)15(18)19)12-8-4-2-6-10(12)11-7-3-5-9-13(11)20-16/h2-9,14H,17H2,1H3,(H,18,19). The molecule has 0 bridgehead atoms. The Balaban J connectivity index is 2.25. The average molecular weight is 269 g/mol. The fourth-order valence-corrected chi connectivity index (χ4v) is 2.68. The van der Waals surface area contributed by atoms with Crippen molar-refractivity contribution in [2.24, 2.45) is 5.73 Å². The lowest BCUT2D eigenvalue weighted by Gasteiger charge is -2.39. The number of rotatable bonds is 2. The Labute approximate surface area is 116 Å². The molecule has 1 aliphatic heterocycles. The van der Waals surface area contributed by atoms with Crippen molar-refractivity contribution in [3.05, 3.63) is 54.1 Å². The minimum Gasteiger partial charge on any atom is -0.480 e. The van der Waals surface area contributed by atoms with Gasteiger partial charge in [0.25, 0.3) is 0 Å². The quantitative estimate of drug-likeness (QED) is 0.878. The molecule has 2 aromatic carbocycles. The zero-order chi connectivity index (χ0) is 14.3. The number of ether oxygens (including phenoxy) is 1. The van der Waals surface area contributed by atoms with Crippen LogP contribution in [-0.2, 0) is 10.4 Å². The largest absolute Gasteiger partial charge is 0.480 e. The van der Waals surface area contributed by atoms with E-state index in [-0.39, 0.29) is 0 Å². The van der Waals surface area contributed by atoms with E-state index >= 15 is 0 Å². The highest BCUT2D eigenvalue weighted by atomic mass is 16.5. The number of carboxylic acids is 1. The van der Waals surface area contributed by atoms with Crippen molar-refractivity contribution in [3.8, 4) is 16.9 Å². The Morgan fingerprint density at radius 1 is 1.15 bits per heavy atom. The highest BCUT2D eigenvalue weighted by Gasteiger charge is 2.45. The van der Waals surface area contributed by atoms with E-state index < -0.39 is 17.6 Å². The van der Waals surface area contributed by atoms with Crippen LogP contribution in [0.2, 0.25) is 0 Å². The van der Waals surface area contributed by atoms with Crippen molar-refractivity contribution in [3.63, 3.8) is 0 Å². The van der Waals surface area contributed by atoms with E-state index in [2.05, 4.69) is 0 Å². The summed E-state index contributed by atoms with van der Waals surface area (Å²) in [5.41, 5.74) is 7.51. The first-order valence-corrected chi connectivity index (χ1v) is 6.40. The summed E-state index contributed by atoms with van der Waals surface area (Å²) in [5.74, 6) is -0.424. The number of carbonyl (C=O) groups is 1. The lowest BCUT2D eigenvalue weighted by Crippen LogP contribution is -2.53. The normalized spacial score (nSPS) is 21.3. The monoisotopic (exact) mass is 269 g/mol. The Morgan fingerprint density at radius 2 is 1.75 bits per heavy atom. The highest BCUT2D eigenvalue weighted by molar-refractivity contribution is 5.81. The third-order valence-corrected chi connectivity index (χ3v) is 3.82. The van der Waals surface area contributed by atoms with Crippen LogP contribution < -0.4 is 10.5 Å². The van der Waals surface area contributed by atoms with E-state index in [9.17, 15) is 9.90 Å². The predicted octanol–water partition coefficient (Wildman–Crippen LogP) is 2.37. The van der Waals surface area contributed by atoms with E-state index in [0.29, 0.717) is 5.75 Å². The summed E-state index contributed by atoms with van der Waals surface area (Å²) >= 11 is 0. The van der Waals surface area contributed by atoms with Crippen LogP contribution in [0.3, 0.4) is 0 Å². The molecule has 0 fully saturated rings. The molecule has 3 rings (SSSR count). The number of aliphatic carboxylic acids is 1. The molecule has 4 heteroatoms. The van der Waals surface area contributed by atoms with Gasteiger partial charge in [0.1, 0.15) is 11.8 Å². The maximum Gasteiger partial charge on any atom is 0.325 e. The number of benzene rings is 2. The van der Waals surface area contributed by atoms with Gasteiger partial charge in [-0.3, -0.25) is 4.79 Å². The molecule has 0 saturated carbocycles. The van der Waals surface area contributed by atoms with Crippen LogP contribution in [0.4, 0.5) is 0 Å². The van der Waals surface area contributed by atoms with Gasteiger partial charge in [-0.2, -0.15) is 0 Å². The minimum atomic E-state index is -1.14. The van der Waals surface area contributed by atoms with Crippen molar-refractivity contribution in [1.29, 1.82) is 0 Å². The van der Waals surface area contributed by atoms with Crippen molar-refractivity contribution < 1.29 is 14.6 Å². The molecule has 2 unspecified atom stereocenters. The fraction of sp³-hybridized carbons (Fsp3) is 0.188. The maximum atomic E-state index is 11.3. The van der Waals surface area contributed by atoms with Gasteiger partial charge in [0.15, 0.2) is 5.60 Å². The number of carboxylic acid groups (broad SMARTS) is 1. The zero-order valence-electron chi connectivity index (χ0n) is 11.0. The fourth-order valence-electron chi connectivity index (χ4n) is 2.68. The van der Waals surface area contributed by atoms with Crippen LogP contribution in [0.1, 0.15) is 12.5 Å². The van der Waals surface area contributed by atoms with E-state index in [1.807, 2.05) is 48.5 Å². The molecule has 4 nitrogen and oxygen atoms in total. The summed E-state index contributed by atoms with van der Waals surface area (Å²) in [6.45, 7) is 1.72. The number of hydrogen-bond donors (Lipinski definition) is 2. The van der Waals surface area contributed by atoms with Crippen LogP contribution in [0.25, 0.3) is 11.1 Å². The molecule has 0 radical (unpaired) electrons. The number of para-hydroxylation sites is 1. The summed E-state index contributed by atoms with van der Waals surface area (Å²) in [6.07, 6.45) is 0. The minimum absolute atomic E-state index is 0.658. The molecule has 2 atom stereocenters. The van der Waals surface area contributed by atoms with Gasteiger partial charge in [0, 0.05) is 11.1 Å². The SMILES string of the molecule is CC1(C(N)C(=O)O)Oc2ccccc2-c2ccccc21. The van der Waals surface area contributed by atoms with Crippen molar-refractivity contribution in [2.75, 3.05) is 0 Å². The molecule has 0 aliphatic carbocycles. The molecular weight excluding hydrogens is 254 g/mol. The molecule has 2 aromatic rings. The van der Waals surface area contributed by atoms with Crippen LogP contribution in [0, 0.1) is 0 Å². The van der Waals surface area contributed by atoms with Gasteiger partial charge >= 0.3 is 5.97 Å². The Hall–Kier alpha value is -2.33. The topological polar surface area (TPSA) is 72.6 Å². The molecule has 3 N–H and O–H groups in total. The maximum absolute atomic E-state index is 11.3. The van der Waals surface area contributed by atoms with Gasteiger partial charge in [-0.15, -0.1) is 0 Å². The first kappa shape index (κ1) is 12.7. The predicted molar refractivity (Wildman–Crippen MR) is 75.5 cm³/mol. The van der Waals surface area contributed by atoms with Crippen LogP contribution in [-0.4, -0.2) is 17.1 Å². The van der Waals surface area contributed by atoms with E-state index in [0.717, 1.165) is 16.7 Å². The van der Waals surface area contributed by atoms with Crippen molar-refractivity contribution in [1.82, 2.24) is 0 Å². The van der Waals surface area contributed by atoms with Gasteiger partial charge in [-0.25, -0.2) is 0 Å².